The van der Waals surface area contributed by atoms with Gasteiger partial charge in [0.25, 0.3) is 0 Å². The van der Waals surface area contributed by atoms with E-state index in [0.29, 0.717) is 6.61 Å². The summed E-state index contributed by atoms with van der Waals surface area (Å²) >= 11 is 0. The normalized spacial score (nSPS) is 16.5. The van der Waals surface area contributed by atoms with Crippen molar-refractivity contribution in [2.75, 3.05) is 0 Å². The molecular weight excluding hydrogens is 308 g/mol. The van der Waals surface area contributed by atoms with E-state index in [1.165, 1.54) is 64.2 Å². The zero-order chi connectivity index (χ0) is 17.8. The molecule has 1 aromatic carbocycles. The molecule has 1 saturated carbocycles. The van der Waals surface area contributed by atoms with Crippen LogP contribution in [-0.2, 0) is 16.1 Å². The maximum absolute atomic E-state index is 12.9. The number of unbranched alkanes of at least 4 members (excludes halogenated alkanes) is 6. The Morgan fingerprint density at radius 3 is 2.24 bits per heavy atom. The van der Waals surface area contributed by atoms with Crippen LogP contribution in [0.1, 0.15) is 96.0 Å². The first kappa shape index (κ1) is 20.0. The van der Waals surface area contributed by atoms with E-state index >= 15 is 0 Å². The number of carbonyl (C=O) groups excluding carboxylic acids is 1. The van der Waals surface area contributed by atoms with Gasteiger partial charge in [-0.1, -0.05) is 101 Å². The average molecular weight is 345 g/mol. The Morgan fingerprint density at radius 2 is 1.56 bits per heavy atom. The van der Waals surface area contributed by atoms with Crippen LogP contribution < -0.4 is 0 Å². The van der Waals surface area contributed by atoms with Crippen molar-refractivity contribution in [3.05, 3.63) is 35.9 Å². The quantitative estimate of drug-likeness (QED) is 0.325. The number of ether oxygens (including phenoxy) is 1. The SMILES string of the molecule is CCCCCCCCCC1(C(=O)OCc2ccccc2)CCCCC1. The molecule has 0 aromatic heterocycles. The molecule has 0 radical (unpaired) electrons. The molecule has 0 saturated heterocycles. The molecule has 0 heterocycles. The van der Waals surface area contributed by atoms with Gasteiger partial charge >= 0.3 is 5.97 Å². The second kappa shape index (κ2) is 11.3. The molecule has 0 bridgehead atoms. The van der Waals surface area contributed by atoms with Gasteiger partial charge in [0.05, 0.1) is 5.41 Å². The van der Waals surface area contributed by atoms with Gasteiger partial charge in [0.15, 0.2) is 0 Å². The van der Waals surface area contributed by atoms with Crippen molar-refractivity contribution >= 4 is 5.97 Å². The third-order valence-electron chi connectivity index (χ3n) is 5.72. The van der Waals surface area contributed by atoms with Crippen molar-refractivity contribution in [3.8, 4) is 0 Å². The molecule has 1 aromatic rings. The van der Waals surface area contributed by atoms with E-state index in [-0.39, 0.29) is 11.4 Å². The average Bonchev–Trinajstić information content (AvgIpc) is 2.67. The number of esters is 1. The van der Waals surface area contributed by atoms with Crippen LogP contribution in [0.3, 0.4) is 0 Å². The lowest BCUT2D eigenvalue weighted by Gasteiger charge is -2.35. The number of carbonyl (C=O) groups is 1. The van der Waals surface area contributed by atoms with E-state index in [9.17, 15) is 4.79 Å². The molecule has 0 unspecified atom stereocenters. The Labute approximate surface area is 154 Å². The summed E-state index contributed by atoms with van der Waals surface area (Å²) in [6.07, 6.45) is 15.8. The first-order valence-corrected chi connectivity index (χ1v) is 10.5. The van der Waals surface area contributed by atoms with Crippen molar-refractivity contribution in [2.24, 2.45) is 5.41 Å². The smallest absolute Gasteiger partial charge is 0.312 e. The molecular formula is C23H36O2. The lowest BCUT2D eigenvalue weighted by Crippen LogP contribution is -2.35. The second-order valence-electron chi connectivity index (χ2n) is 7.77. The zero-order valence-electron chi connectivity index (χ0n) is 16.1. The third kappa shape index (κ3) is 6.84. The van der Waals surface area contributed by atoms with Gasteiger partial charge in [-0.2, -0.15) is 0 Å². The molecule has 1 aliphatic carbocycles. The Bertz CT molecular complexity index is 474. The fourth-order valence-electron chi connectivity index (χ4n) is 4.08. The molecule has 2 rings (SSSR count). The molecule has 0 N–H and O–H groups in total. The lowest BCUT2D eigenvalue weighted by atomic mass is 9.71. The topological polar surface area (TPSA) is 26.3 Å². The molecule has 1 fully saturated rings. The minimum Gasteiger partial charge on any atom is -0.460 e. The van der Waals surface area contributed by atoms with Crippen molar-refractivity contribution in [1.29, 1.82) is 0 Å². The highest BCUT2D eigenvalue weighted by molar-refractivity contribution is 5.77. The van der Waals surface area contributed by atoms with Gasteiger partial charge in [0, 0.05) is 0 Å². The van der Waals surface area contributed by atoms with Crippen LogP contribution in [0.2, 0.25) is 0 Å². The molecule has 1 aliphatic rings. The van der Waals surface area contributed by atoms with Gasteiger partial charge in [0.1, 0.15) is 6.61 Å². The van der Waals surface area contributed by atoms with Crippen LogP contribution in [0.5, 0.6) is 0 Å². The van der Waals surface area contributed by atoms with E-state index in [4.69, 9.17) is 4.74 Å². The van der Waals surface area contributed by atoms with Crippen LogP contribution in [0.25, 0.3) is 0 Å². The lowest BCUT2D eigenvalue weighted by molar-refractivity contribution is -0.160. The Balaban J connectivity index is 1.78. The summed E-state index contributed by atoms with van der Waals surface area (Å²) in [4.78, 5) is 12.9. The minimum absolute atomic E-state index is 0.0574. The highest BCUT2D eigenvalue weighted by Crippen LogP contribution is 2.42. The molecule has 25 heavy (non-hydrogen) atoms. The molecule has 2 heteroatoms. The predicted molar refractivity (Wildman–Crippen MR) is 104 cm³/mol. The highest BCUT2D eigenvalue weighted by Gasteiger charge is 2.40. The summed E-state index contributed by atoms with van der Waals surface area (Å²) in [7, 11) is 0. The molecule has 0 amide bonds. The van der Waals surface area contributed by atoms with E-state index in [1.54, 1.807) is 0 Å². The molecule has 0 aliphatic heterocycles. The minimum atomic E-state index is -0.198. The van der Waals surface area contributed by atoms with Gasteiger partial charge in [-0.15, -0.1) is 0 Å². The van der Waals surface area contributed by atoms with Gasteiger partial charge in [-0.25, -0.2) is 0 Å². The van der Waals surface area contributed by atoms with Crippen molar-refractivity contribution in [3.63, 3.8) is 0 Å². The van der Waals surface area contributed by atoms with E-state index in [0.717, 1.165) is 24.8 Å². The predicted octanol–water partition coefficient (Wildman–Crippen LogP) is 6.82. The van der Waals surface area contributed by atoms with Crippen LogP contribution >= 0.6 is 0 Å². The molecule has 140 valence electrons. The second-order valence-corrected chi connectivity index (χ2v) is 7.77. The summed E-state index contributed by atoms with van der Waals surface area (Å²) in [5.74, 6) is 0.0574. The Morgan fingerprint density at radius 1 is 0.920 bits per heavy atom. The maximum atomic E-state index is 12.9. The number of hydrogen-bond donors (Lipinski definition) is 0. The van der Waals surface area contributed by atoms with Gasteiger partial charge in [-0.05, 0) is 24.8 Å². The summed E-state index contributed by atoms with van der Waals surface area (Å²) in [6.45, 7) is 2.67. The van der Waals surface area contributed by atoms with Crippen molar-refractivity contribution < 1.29 is 9.53 Å². The maximum Gasteiger partial charge on any atom is 0.312 e. The summed E-state index contributed by atoms with van der Waals surface area (Å²) in [5.41, 5.74) is 0.883. The number of benzene rings is 1. The summed E-state index contributed by atoms with van der Waals surface area (Å²) < 4.78 is 5.74. The highest BCUT2D eigenvalue weighted by atomic mass is 16.5. The van der Waals surface area contributed by atoms with Gasteiger partial charge in [0.2, 0.25) is 0 Å². The van der Waals surface area contributed by atoms with E-state index < -0.39 is 0 Å². The van der Waals surface area contributed by atoms with Crippen LogP contribution in [0, 0.1) is 5.41 Å². The van der Waals surface area contributed by atoms with Crippen molar-refractivity contribution in [1.82, 2.24) is 0 Å². The standard InChI is InChI=1S/C23H36O2/c1-2-3-4-5-6-7-12-17-23(18-13-9-14-19-23)22(24)25-20-21-15-10-8-11-16-21/h8,10-11,15-16H,2-7,9,12-14,17-20H2,1H3. The first-order valence-electron chi connectivity index (χ1n) is 10.5. The molecule has 2 nitrogen and oxygen atoms in total. The van der Waals surface area contributed by atoms with Gasteiger partial charge < -0.3 is 4.74 Å². The van der Waals surface area contributed by atoms with Crippen LogP contribution in [0.4, 0.5) is 0 Å². The number of hydrogen-bond acceptors (Lipinski definition) is 2. The summed E-state index contributed by atoms with van der Waals surface area (Å²) in [6, 6.07) is 10.0. The molecule has 0 spiro atoms. The fraction of sp³-hybridized carbons (Fsp3) is 0.696. The van der Waals surface area contributed by atoms with E-state index in [1.807, 2.05) is 30.3 Å². The van der Waals surface area contributed by atoms with Crippen LogP contribution in [-0.4, -0.2) is 5.97 Å². The summed E-state index contributed by atoms with van der Waals surface area (Å²) in [5, 5.41) is 0. The molecule has 0 atom stereocenters. The fourth-order valence-corrected chi connectivity index (χ4v) is 4.08. The van der Waals surface area contributed by atoms with E-state index in [2.05, 4.69) is 6.92 Å². The van der Waals surface area contributed by atoms with Gasteiger partial charge in [-0.3, -0.25) is 4.79 Å². The Kier molecular flexibility index (Phi) is 9.07. The monoisotopic (exact) mass is 344 g/mol. The van der Waals surface area contributed by atoms with Crippen molar-refractivity contribution in [2.45, 2.75) is 97.0 Å². The Hall–Kier alpha value is -1.31. The largest absolute Gasteiger partial charge is 0.460 e. The van der Waals surface area contributed by atoms with Crippen LogP contribution in [0.15, 0.2) is 30.3 Å². The first-order chi connectivity index (χ1) is 12.3. The third-order valence-corrected chi connectivity index (χ3v) is 5.72. The zero-order valence-corrected chi connectivity index (χ0v) is 16.1. The number of rotatable bonds is 11.